The van der Waals surface area contributed by atoms with E-state index in [1.54, 1.807) is 0 Å². The van der Waals surface area contributed by atoms with Crippen LogP contribution in [0, 0.1) is 5.95 Å². The summed E-state index contributed by atoms with van der Waals surface area (Å²) in [6.45, 7) is 0. The summed E-state index contributed by atoms with van der Waals surface area (Å²) in [6.07, 6.45) is 0.945. The molecule has 0 fully saturated rings. The molecule has 10 heavy (non-hydrogen) atoms. The zero-order chi connectivity index (χ0) is 7.72. The number of nitrogens with zero attached hydrogens (tertiary/aromatic N) is 2. The normalized spacial score (nSPS) is 9.80. The molecule has 54 valence electrons. The molecule has 0 atom stereocenters. The van der Waals surface area contributed by atoms with Gasteiger partial charge in [-0.05, 0) is 0 Å². The first kappa shape index (κ1) is 6.73. The maximum absolute atomic E-state index is 12.4. The molecule has 5 heteroatoms. The lowest BCUT2D eigenvalue weighted by atomic mass is 10.6. The third kappa shape index (κ3) is 0.854. The summed E-state index contributed by atoms with van der Waals surface area (Å²) in [6, 6.07) is 0. The fourth-order valence-electron chi connectivity index (χ4n) is 0.618. The first-order valence-corrected chi connectivity index (χ1v) is 2.60. The number of carbonyl (C=O) groups excluding carboxylic acids is 1. The number of amides is 1. The summed E-state index contributed by atoms with van der Waals surface area (Å²) in [5, 5.41) is 0. The quantitative estimate of drug-likeness (QED) is 0.584. The Balaban J connectivity index is 3.17. The summed E-state index contributed by atoms with van der Waals surface area (Å²) in [4.78, 5) is 13.8. The Morgan fingerprint density at radius 3 is 2.70 bits per heavy atom. The van der Waals surface area contributed by atoms with Crippen LogP contribution in [0.3, 0.4) is 0 Å². The lowest BCUT2D eigenvalue weighted by Gasteiger charge is -1.93. The maximum Gasteiger partial charge on any atom is 0.284 e. The molecular weight excluding hydrogens is 137 g/mol. The van der Waals surface area contributed by atoms with Crippen LogP contribution >= 0.6 is 0 Å². The van der Waals surface area contributed by atoms with Crippen LogP contribution in [0.4, 0.5) is 4.39 Å². The Hall–Kier alpha value is -1.39. The van der Waals surface area contributed by atoms with Crippen LogP contribution in [-0.2, 0) is 7.05 Å². The van der Waals surface area contributed by atoms with Crippen molar-refractivity contribution in [3.8, 4) is 0 Å². The van der Waals surface area contributed by atoms with E-state index in [2.05, 4.69) is 4.98 Å². The second kappa shape index (κ2) is 2.09. The highest BCUT2D eigenvalue weighted by Gasteiger charge is 2.09. The van der Waals surface area contributed by atoms with E-state index >= 15 is 0 Å². The van der Waals surface area contributed by atoms with E-state index in [1.165, 1.54) is 7.05 Å². The molecule has 0 aliphatic carbocycles. The lowest BCUT2D eigenvalue weighted by molar-refractivity contribution is 0.0986. The average Bonchev–Trinajstić information content (AvgIpc) is 2.14. The zero-order valence-corrected chi connectivity index (χ0v) is 5.34. The van der Waals surface area contributed by atoms with Crippen LogP contribution in [0.25, 0.3) is 0 Å². The number of halogens is 1. The smallest absolute Gasteiger partial charge is 0.284 e. The zero-order valence-electron chi connectivity index (χ0n) is 5.34. The van der Waals surface area contributed by atoms with E-state index in [0.717, 1.165) is 10.8 Å². The molecule has 1 heterocycles. The molecule has 0 bridgehead atoms. The van der Waals surface area contributed by atoms with Gasteiger partial charge in [-0.25, -0.2) is 4.98 Å². The number of rotatable bonds is 1. The Morgan fingerprint density at radius 1 is 1.90 bits per heavy atom. The summed E-state index contributed by atoms with van der Waals surface area (Å²) in [7, 11) is 1.38. The molecule has 0 aliphatic heterocycles. The highest BCUT2D eigenvalue weighted by atomic mass is 19.1. The van der Waals surface area contributed by atoms with Gasteiger partial charge < -0.3 is 5.73 Å². The van der Waals surface area contributed by atoms with Gasteiger partial charge in [0.1, 0.15) is 0 Å². The van der Waals surface area contributed by atoms with E-state index in [1.807, 2.05) is 0 Å². The molecular formula is C5H6FN3O. The van der Waals surface area contributed by atoms with Crippen LogP contribution in [-0.4, -0.2) is 15.5 Å². The average molecular weight is 143 g/mol. The van der Waals surface area contributed by atoms with Crippen molar-refractivity contribution in [2.45, 2.75) is 0 Å². The highest BCUT2D eigenvalue weighted by molar-refractivity contribution is 5.89. The van der Waals surface area contributed by atoms with Crippen LogP contribution in [0.2, 0.25) is 0 Å². The number of imidazole rings is 1. The molecule has 2 N–H and O–H groups in total. The Bertz CT molecular complexity index is 268. The second-order valence-electron chi connectivity index (χ2n) is 1.83. The second-order valence-corrected chi connectivity index (χ2v) is 1.83. The van der Waals surface area contributed by atoms with Crippen LogP contribution in [0.1, 0.15) is 10.6 Å². The molecule has 1 amide bonds. The van der Waals surface area contributed by atoms with E-state index in [9.17, 15) is 9.18 Å². The SMILES string of the molecule is Cn1c(F)cnc1C(N)=O. The predicted molar refractivity (Wildman–Crippen MR) is 31.7 cm³/mol. The van der Waals surface area contributed by atoms with Crippen molar-refractivity contribution >= 4 is 5.91 Å². The summed E-state index contributed by atoms with van der Waals surface area (Å²) >= 11 is 0. The Morgan fingerprint density at radius 2 is 2.50 bits per heavy atom. The number of carbonyl (C=O) groups is 1. The molecule has 1 rings (SSSR count). The molecule has 0 aromatic carbocycles. The summed E-state index contributed by atoms with van der Waals surface area (Å²) in [5.74, 6) is -1.38. The van der Waals surface area contributed by atoms with Crippen LogP contribution < -0.4 is 5.73 Å². The van der Waals surface area contributed by atoms with Crippen molar-refractivity contribution in [2.24, 2.45) is 12.8 Å². The van der Waals surface area contributed by atoms with Gasteiger partial charge in [-0.15, -0.1) is 0 Å². The van der Waals surface area contributed by atoms with Crippen LogP contribution in [0.5, 0.6) is 0 Å². The van der Waals surface area contributed by atoms with Crippen molar-refractivity contribution < 1.29 is 9.18 Å². The van der Waals surface area contributed by atoms with Gasteiger partial charge in [0.2, 0.25) is 11.8 Å². The molecule has 0 radical (unpaired) electrons. The first-order chi connectivity index (χ1) is 4.63. The predicted octanol–water partition coefficient (Wildman–Crippen LogP) is -0.342. The highest BCUT2D eigenvalue weighted by Crippen LogP contribution is 1.98. The van der Waals surface area contributed by atoms with Gasteiger partial charge in [0.15, 0.2) is 0 Å². The van der Waals surface area contributed by atoms with Gasteiger partial charge in [-0.1, -0.05) is 0 Å². The Kier molecular flexibility index (Phi) is 1.41. The minimum Gasteiger partial charge on any atom is -0.363 e. The maximum atomic E-state index is 12.4. The van der Waals surface area contributed by atoms with E-state index in [0.29, 0.717) is 0 Å². The molecule has 0 aliphatic rings. The van der Waals surface area contributed by atoms with Gasteiger partial charge in [-0.2, -0.15) is 4.39 Å². The van der Waals surface area contributed by atoms with Crippen molar-refractivity contribution in [3.63, 3.8) is 0 Å². The fourth-order valence-corrected chi connectivity index (χ4v) is 0.618. The molecule has 1 aromatic rings. The molecule has 0 saturated carbocycles. The monoisotopic (exact) mass is 143 g/mol. The number of nitrogens with two attached hydrogens (primary N) is 1. The minimum absolute atomic E-state index is 0.0718. The number of primary amides is 1. The minimum atomic E-state index is -0.730. The lowest BCUT2D eigenvalue weighted by Crippen LogP contribution is -2.17. The third-order valence-electron chi connectivity index (χ3n) is 1.15. The van der Waals surface area contributed by atoms with Gasteiger partial charge in [0.05, 0.1) is 6.20 Å². The van der Waals surface area contributed by atoms with Gasteiger partial charge in [0, 0.05) is 7.05 Å². The van der Waals surface area contributed by atoms with Crippen molar-refractivity contribution in [2.75, 3.05) is 0 Å². The molecule has 1 aromatic heterocycles. The first-order valence-electron chi connectivity index (χ1n) is 2.60. The largest absolute Gasteiger partial charge is 0.363 e. The molecule has 0 unspecified atom stereocenters. The fraction of sp³-hybridized carbons (Fsp3) is 0.200. The van der Waals surface area contributed by atoms with Crippen LogP contribution in [0.15, 0.2) is 6.20 Å². The van der Waals surface area contributed by atoms with Gasteiger partial charge >= 0.3 is 0 Å². The van der Waals surface area contributed by atoms with Crippen molar-refractivity contribution in [3.05, 3.63) is 18.0 Å². The van der Waals surface area contributed by atoms with E-state index in [-0.39, 0.29) is 5.82 Å². The molecule has 0 spiro atoms. The Labute approximate surface area is 56.5 Å². The number of hydrogen-bond donors (Lipinski definition) is 1. The van der Waals surface area contributed by atoms with E-state index in [4.69, 9.17) is 5.73 Å². The number of aromatic nitrogens is 2. The van der Waals surface area contributed by atoms with Crippen molar-refractivity contribution in [1.29, 1.82) is 0 Å². The number of hydrogen-bond acceptors (Lipinski definition) is 2. The third-order valence-corrected chi connectivity index (χ3v) is 1.15. The molecule has 4 nitrogen and oxygen atoms in total. The standard InChI is InChI=1S/C5H6FN3O/c1-9-3(6)2-8-5(9)4(7)10/h2H,1H3,(H2,7,10). The topological polar surface area (TPSA) is 60.9 Å². The van der Waals surface area contributed by atoms with Crippen molar-refractivity contribution in [1.82, 2.24) is 9.55 Å². The van der Waals surface area contributed by atoms with Gasteiger partial charge in [-0.3, -0.25) is 9.36 Å². The molecule has 0 saturated heterocycles. The van der Waals surface area contributed by atoms with E-state index < -0.39 is 11.9 Å². The van der Waals surface area contributed by atoms with Gasteiger partial charge in [0.25, 0.3) is 5.91 Å². The summed E-state index contributed by atoms with van der Waals surface area (Å²) in [5.41, 5.74) is 4.84. The summed E-state index contributed by atoms with van der Waals surface area (Å²) < 4.78 is 13.4.